The molecular weight excluding hydrogens is 196 g/mol. The molecule has 2 fully saturated rings. The fourth-order valence-electron chi connectivity index (χ4n) is 3.71. The summed E-state index contributed by atoms with van der Waals surface area (Å²) in [5.74, 6) is 0. The second-order valence-corrected chi connectivity index (χ2v) is 6.90. The third-order valence-electron chi connectivity index (χ3n) is 4.49. The van der Waals surface area contributed by atoms with Crippen LogP contribution in [0.15, 0.2) is 0 Å². The SMILES string of the molecule is CCCC1C[N+]2(CCCC2)CN1C(C)(C)C. The third-order valence-corrected chi connectivity index (χ3v) is 4.49. The Bertz CT molecular complexity index is 236. The third kappa shape index (κ3) is 2.28. The van der Waals surface area contributed by atoms with Crippen molar-refractivity contribution in [2.24, 2.45) is 0 Å². The smallest absolute Gasteiger partial charge is 0.136 e. The fourth-order valence-corrected chi connectivity index (χ4v) is 3.71. The molecule has 0 aromatic carbocycles. The topological polar surface area (TPSA) is 3.24 Å². The lowest BCUT2D eigenvalue weighted by molar-refractivity contribution is -0.910. The summed E-state index contributed by atoms with van der Waals surface area (Å²) >= 11 is 0. The van der Waals surface area contributed by atoms with E-state index in [1.165, 1.54) is 56.5 Å². The molecule has 1 spiro atoms. The number of hydrogen-bond acceptors (Lipinski definition) is 1. The van der Waals surface area contributed by atoms with E-state index in [1.54, 1.807) is 0 Å². The van der Waals surface area contributed by atoms with Crippen LogP contribution in [0.2, 0.25) is 0 Å². The van der Waals surface area contributed by atoms with Crippen LogP contribution < -0.4 is 0 Å². The van der Waals surface area contributed by atoms with Gasteiger partial charge in [-0.25, -0.2) is 4.90 Å². The van der Waals surface area contributed by atoms with E-state index < -0.39 is 0 Å². The Hall–Kier alpha value is -0.0800. The molecule has 2 aliphatic rings. The van der Waals surface area contributed by atoms with Crippen molar-refractivity contribution in [2.45, 2.75) is 65.0 Å². The predicted molar refractivity (Wildman–Crippen MR) is 69.3 cm³/mol. The molecule has 0 amide bonds. The van der Waals surface area contributed by atoms with Gasteiger partial charge in [-0.05, 0) is 27.2 Å². The molecule has 0 N–H and O–H groups in total. The Morgan fingerprint density at radius 1 is 1.19 bits per heavy atom. The van der Waals surface area contributed by atoms with Crippen LogP contribution in [0.25, 0.3) is 0 Å². The van der Waals surface area contributed by atoms with Gasteiger partial charge in [-0.3, -0.25) is 0 Å². The Morgan fingerprint density at radius 3 is 2.31 bits per heavy atom. The van der Waals surface area contributed by atoms with E-state index in [0.717, 1.165) is 6.04 Å². The quantitative estimate of drug-likeness (QED) is 0.653. The summed E-state index contributed by atoms with van der Waals surface area (Å²) in [5.41, 5.74) is 0.351. The summed E-state index contributed by atoms with van der Waals surface area (Å²) < 4.78 is 1.40. The van der Waals surface area contributed by atoms with E-state index in [4.69, 9.17) is 0 Å². The molecule has 1 atom stereocenters. The zero-order valence-corrected chi connectivity index (χ0v) is 11.6. The first-order chi connectivity index (χ1) is 7.47. The monoisotopic (exact) mass is 225 g/mol. The molecule has 1 unspecified atom stereocenters. The Kier molecular flexibility index (Phi) is 3.33. The normalized spacial score (nSPS) is 30.4. The van der Waals surface area contributed by atoms with Crippen molar-refractivity contribution in [1.29, 1.82) is 0 Å². The summed E-state index contributed by atoms with van der Waals surface area (Å²) in [7, 11) is 0. The van der Waals surface area contributed by atoms with Crippen molar-refractivity contribution in [3.8, 4) is 0 Å². The Balaban J connectivity index is 2.11. The molecule has 2 rings (SSSR count). The van der Waals surface area contributed by atoms with Crippen LogP contribution >= 0.6 is 0 Å². The largest absolute Gasteiger partial charge is 0.310 e. The van der Waals surface area contributed by atoms with Crippen molar-refractivity contribution in [3.63, 3.8) is 0 Å². The van der Waals surface area contributed by atoms with E-state index in [2.05, 4.69) is 32.6 Å². The van der Waals surface area contributed by atoms with E-state index >= 15 is 0 Å². The zero-order valence-electron chi connectivity index (χ0n) is 11.6. The van der Waals surface area contributed by atoms with Crippen LogP contribution in [0.3, 0.4) is 0 Å². The lowest BCUT2D eigenvalue weighted by atomic mass is 10.0. The number of quaternary nitrogens is 1. The highest BCUT2D eigenvalue weighted by molar-refractivity contribution is 4.86. The summed E-state index contributed by atoms with van der Waals surface area (Å²) in [4.78, 5) is 2.78. The highest BCUT2D eigenvalue weighted by Crippen LogP contribution is 2.34. The molecule has 0 radical (unpaired) electrons. The number of hydrogen-bond donors (Lipinski definition) is 0. The van der Waals surface area contributed by atoms with E-state index in [0.29, 0.717) is 5.54 Å². The van der Waals surface area contributed by atoms with Crippen molar-refractivity contribution in [2.75, 3.05) is 26.3 Å². The Morgan fingerprint density at radius 2 is 1.81 bits per heavy atom. The summed E-state index contributed by atoms with van der Waals surface area (Å²) in [6, 6.07) is 0.836. The highest BCUT2D eigenvalue weighted by atomic mass is 15.5. The minimum atomic E-state index is 0.351. The van der Waals surface area contributed by atoms with Crippen molar-refractivity contribution in [1.82, 2.24) is 4.90 Å². The summed E-state index contributed by atoms with van der Waals surface area (Å²) in [6.45, 7) is 15.1. The summed E-state index contributed by atoms with van der Waals surface area (Å²) in [6.07, 6.45) is 5.63. The van der Waals surface area contributed by atoms with E-state index in [-0.39, 0.29) is 0 Å². The molecule has 0 aliphatic carbocycles. The van der Waals surface area contributed by atoms with E-state index in [9.17, 15) is 0 Å². The van der Waals surface area contributed by atoms with Gasteiger partial charge in [-0.2, -0.15) is 0 Å². The van der Waals surface area contributed by atoms with Gasteiger partial charge in [0.05, 0.1) is 25.7 Å². The fraction of sp³-hybridized carbons (Fsp3) is 1.00. The molecule has 94 valence electrons. The van der Waals surface area contributed by atoms with Crippen LogP contribution in [-0.4, -0.2) is 47.3 Å². The van der Waals surface area contributed by atoms with Gasteiger partial charge in [0.2, 0.25) is 0 Å². The van der Waals surface area contributed by atoms with Crippen molar-refractivity contribution < 1.29 is 4.48 Å². The van der Waals surface area contributed by atoms with Gasteiger partial charge in [0.1, 0.15) is 6.67 Å². The lowest BCUT2D eigenvalue weighted by Crippen LogP contribution is -2.48. The second kappa shape index (κ2) is 4.30. The van der Waals surface area contributed by atoms with Gasteiger partial charge < -0.3 is 4.48 Å². The van der Waals surface area contributed by atoms with Crippen LogP contribution in [0.5, 0.6) is 0 Å². The van der Waals surface area contributed by atoms with Gasteiger partial charge >= 0.3 is 0 Å². The number of rotatable bonds is 2. The molecule has 16 heavy (non-hydrogen) atoms. The van der Waals surface area contributed by atoms with Gasteiger partial charge in [0.15, 0.2) is 0 Å². The van der Waals surface area contributed by atoms with Crippen molar-refractivity contribution in [3.05, 3.63) is 0 Å². The second-order valence-electron chi connectivity index (χ2n) is 6.90. The van der Waals surface area contributed by atoms with Gasteiger partial charge in [0.25, 0.3) is 0 Å². The molecule has 0 bridgehead atoms. The van der Waals surface area contributed by atoms with Gasteiger partial charge in [-0.1, -0.05) is 13.3 Å². The maximum Gasteiger partial charge on any atom is 0.136 e. The number of nitrogens with zero attached hydrogens (tertiary/aromatic N) is 2. The van der Waals surface area contributed by atoms with E-state index in [1.807, 2.05) is 0 Å². The molecule has 0 aromatic rings. The lowest BCUT2D eigenvalue weighted by Gasteiger charge is -2.35. The average Bonchev–Trinajstić information content (AvgIpc) is 2.75. The molecular formula is C14H29N2+. The van der Waals surface area contributed by atoms with Crippen LogP contribution in [-0.2, 0) is 0 Å². The van der Waals surface area contributed by atoms with Crippen molar-refractivity contribution >= 4 is 0 Å². The molecule has 2 aliphatic heterocycles. The first kappa shape index (κ1) is 12.4. The molecule has 2 heteroatoms. The minimum absolute atomic E-state index is 0.351. The zero-order chi connectivity index (χ0) is 11.8. The van der Waals surface area contributed by atoms with Crippen LogP contribution in [0, 0.1) is 0 Å². The maximum absolute atomic E-state index is 2.78. The summed E-state index contributed by atoms with van der Waals surface area (Å²) in [5, 5.41) is 0. The highest BCUT2D eigenvalue weighted by Gasteiger charge is 2.47. The Labute approximate surface area is 101 Å². The molecule has 2 heterocycles. The van der Waals surface area contributed by atoms with Crippen LogP contribution in [0.1, 0.15) is 53.4 Å². The standard InChI is InChI=1S/C14H29N2/c1-5-8-13-11-16(9-6-7-10-16)12-15(13)14(2,3)4/h13H,5-12H2,1-4H3/q+1. The first-order valence-electron chi connectivity index (χ1n) is 7.09. The molecule has 0 saturated carbocycles. The molecule has 2 nitrogen and oxygen atoms in total. The maximum atomic E-state index is 2.78. The first-order valence-corrected chi connectivity index (χ1v) is 7.09. The molecule has 0 aromatic heterocycles. The average molecular weight is 225 g/mol. The van der Waals surface area contributed by atoms with Crippen LogP contribution in [0.4, 0.5) is 0 Å². The van der Waals surface area contributed by atoms with Gasteiger partial charge in [0, 0.05) is 18.4 Å². The van der Waals surface area contributed by atoms with Gasteiger partial charge in [-0.15, -0.1) is 0 Å². The minimum Gasteiger partial charge on any atom is -0.310 e. The predicted octanol–water partition coefficient (Wildman–Crippen LogP) is 2.84. The molecule has 2 saturated heterocycles.